The van der Waals surface area contributed by atoms with Gasteiger partial charge in [0.05, 0.1) is 18.6 Å². The third kappa shape index (κ3) is 4.88. The molecule has 0 aliphatic carbocycles. The number of rotatable bonds is 5. The molecule has 0 bridgehead atoms. The van der Waals surface area contributed by atoms with Crippen LogP contribution in [-0.2, 0) is 16.3 Å². The summed E-state index contributed by atoms with van der Waals surface area (Å²) >= 11 is 0. The number of hydrogen-bond donors (Lipinski definition) is 1. The predicted octanol–water partition coefficient (Wildman–Crippen LogP) is 0.752. The highest BCUT2D eigenvalue weighted by atomic mass is 32.2. The van der Waals surface area contributed by atoms with E-state index in [-0.39, 0.29) is 17.8 Å². The van der Waals surface area contributed by atoms with Crippen LogP contribution in [0, 0.1) is 0 Å². The Balaban J connectivity index is 1.38. The maximum absolute atomic E-state index is 12.3. The third-order valence-electron chi connectivity index (χ3n) is 5.18. The van der Waals surface area contributed by atoms with Crippen molar-refractivity contribution in [1.29, 1.82) is 0 Å². The third-order valence-corrected chi connectivity index (χ3v) is 6.93. The van der Waals surface area contributed by atoms with Crippen LogP contribution in [0.3, 0.4) is 0 Å². The highest BCUT2D eigenvalue weighted by Crippen LogP contribution is 2.19. The fourth-order valence-electron chi connectivity index (χ4n) is 3.57. The number of benzene rings is 1. The standard InChI is InChI=1S/C18H27N3O4S/c1-25-17-4-2-15(3-5-17)6-8-19-18(22)21-11-9-20(10-12-21)16-7-13-26(23,24)14-16/h2-5,16H,6-14H2,1H3,(H,19,22). The monoisotopic (exact) mass is 381 g/mol. The maximum Gasteiger partial charge on any atom is 0.317 e. The summed E-state index contributed by atoms with van der Waals surface area (Å²) in [6, 6.07) is 7.91. The minimum atomic E-state index is -2.86. The number of carbonyl (C=O) groups excluding carboxylic acids is 1. The van der Waals surface area contributed by atoms with Crippen LogP contribution in [0.15, 0.2) is 24.3 Å². The average molecular weight is 381 g/mol. The van der Waals surface area contributed by atoms with E-state index in [0.717, 1.165) is 37.2 Å². The van der Waals surface area contributed by atoms with E-state index in [4.69, 9.17) is 4.74 Å². The lowest BCUT2D eigenvalue weighted by Gasteiger charge is -2.37. The fourth-order valence-corrected chi connectivity index (χ4v) is 5.33. The lowest BCUT2D eigenvalue weighted by molar-refractivity contribution is 0.116. The van der Waals surface area contributed by atoms with Crippen molar-refractivity contribution in [3.05, 3.63) is 29.8 Å². The van der Waals surface area contributed by atoms with Crippen molar-refractivity contribution < 1.29 is 17.9 Å². The first kappa shape index (κ1) is 19.0. The molecule has 3 rings (SSSR count). The van der Waals surface area contributed by atoms with E-state index in [1.807, 2.05) is 29.2 Å². The highest BCUT2D eigenvalue weighted by molar-refractivity contribution is 7.91. The molecule has 26 heavy (non-hydrogen) atoms. The Hall–Kier alpha value is -1.80. The van der Waals surface area contributed by atoms with Crippen LogP contribution < -0.4 is 10.1 Å². The van der Waals surface area contributed by atoms with Gasteiger partial charge in [-0.05, 0) is 30.5 Å². The fraction of sp³-hybridized carbons (Fsp3) is 0.611. The van der Waals surface area contributed by atoms with Crippen LogP contribution in [0.4, 0.5) is 4.79 Å². The molecule has 2 fully saturated rings. The molecule has 8 heteroatoms. The van der Waals surface area contributed by atoms with Gasteiger partial charge in [0.2, 0.25) is 0 Å². The molecule has 1 N–H and O–H groups in total. The van der Waals surface area contributed by atoms with Gasteiger partial charge in [-0.2, -0.15) is 0 Å². The molecule has 1 aromatic rings. The molecule has 2 aliphatic heterocycles. The highest BCUT2D eigenvalue weighted by Gasteiger charge is 2.34. The van der Waals surface area contributed by atoms with E-state index in [1.165, 1.54) is 0 Å². The topological polar surface area (TPSA) is 79.0 Å². The van der Waals surface area contributed by atoms with Crippen molar-refractivity contribution in [3.63, 3.8) is 0 Å². The minimum Gasteiger partial charge on any atom is -0.497 e. The molecule has 1 atom stereocenters. The van der Waals surface area contributed by atoms with Gasteiger partial charge in [-0.3, -0.25) is 4.90 Å². The van der Waals surface area contributed by atoms with E-state index in [1.54, 1.807) is 7.11 Å². The van der Waals surface area contributed by atoms with Crippen LogP contribution in [0.2, 0.25) is 0 Å². The Bertz CT molecular complexity index is 712. The molecular weight excluding hydrogens is 354 g/mol. The van der Waals surface area contributed by atoms with Gasteiger partial charge < -0.3 is 15.0 Å². The number of hydrogen-bond acceptors (Lipinski definition) is 5. The summed E-state index contributed by atoms with van der Waals surface area (Å²) in [4.78, 5) is 16.3. The van der Waals surface area contributed by atoms with Crippen molar-refractivity contribution in [3.8, 4) is 5.75 Å². The molecule has 2 aliphatic rings. The zero-order chi connectivity index (χ0) is 18.6. The van der Waals surface area contributed by atoms with Gasteiger partial charge >= 0.3 is 6.03 Å². The van der Waals surface area contributed by atoms with Crippen LogP contribution >= 0.6 is 0 Å². The summed E-state index contributed by atoms with van der Waals surface area (Å²) in [6.07, 6.45) is 1.49. The van der Waals surface area contributed by atoms with Crippen molar-refractivity contribution in [2.24, 2.45) is 0 Å². The van der Waals surface area contributed by atoms with Gasteiger partial charge in [0.1, 0.15) is 5.75 Å². The SMILES string of the molecule is COc1ccc(CCNC(=O)N2CCN(C3CCS(=O)(=O)C3)CC2)cc1. The second kappa shape index (κ2) is 8.26. The molecule has 2 saturated heterocycles. The summed E-state index contributed by atoms with van der Waals surface area (Å²) in [7, 11) is -1.22. The molecule has 1 aromatic carbocycles. The van der Waals surface area contributed by atoms with E-state index in [0.29, 0.717) is 25.4 Å². The van der Waals surface area contributed by atoms with Crippen LogP contribution in [-0.4, -0.2) is 81.6 Å². The second-order valence-corrected chi connectivity index (χ2v) is 9.14. The number of sulfone groups is 1. The van der Waals surface area contributed by atoms with Crippen molar-refractivity contribution in [2.75, 3.05) is 51.3 Å². The number of ether oxygens (including phenoxy) is 1. The number of nitrogens with one attached hydrogen (secondary N) is 1. The number of piperazine rings is 1. The second-order valence-electron chi connectivity index (χ2n) is 6.91. The number of carbonyl (C=O) groups is 1. The summed E-state index contributed by atoms with van der Waals surface area (Å²) in [5, 5.41) is 2.97. The molecule has 0 spiro atoms. The Kier molecular flexibility index (Phi) is 6.03. The summed E-state index contributed by atoms with van der Waals surface area (Å²) in [6.45, 7) is 3.36. The largest absolute Gasteiger partial charge is 0.497 e. The van der Waals surface area contributed by atoms with Gasteiger partial charge in [-0.15, -0.1) is 0 Å². The number of nitrogens with zero attached hydrogens (tertiary/aromatic N) is 2. The zero-order valence-corrected chi connectivity index (χ0v) is 16.0. The molecule has 7 nitrogen and oxygen atoms in total. The maximum atomic E-state index is 12.3. The van der Waals surface area contributed by atoms with Gasteiger partial charge in [0, 0.05) is 38.8 Å². The minimum absolute atomic E-state index is 0.0443. The van der Waals surface area contributed by atoms with Gasteiger partial charge in [0.15, 0.2) is 9.84 Å². The zero-order valence-electron chi connectivity index (χ0n) is 15.2. The van der Waals surface area contributed by atoms with E-state index in [9.17, 15) is 13.2 Å². The predicted molar refractivity (Wildman–Crippen MR) is 100 cm³/mol. The molecule has 0 radical (unpaired) electrons. The molecule has 144 valence electrons. The Morgan fingerprint density at radius 3 is 2.46 bits per heavy atom. The van der Waals surface area contributed by atoms with Crippen molar-refractivity contribution in [1.82, 2.24) is 15.1 Å². The Labute approximate surface area is 155 Å². The first-order valence-corrected chi connectivity index (χ1v) is 10.9. The first-order valence-electron chi connectivity index (χ1n) is 9.07. The lowest BCUT2D eigenvalue weighted by Crippen LogP contribution is -2.54. The van der Waals surface area contributed by atoms with E-state index < -0.39 is 9.84 Å². The quantitative estimate of drug-likeness (QED) is 0.814. The average Bonchev–Trinajstić information content (AvgIpc) is 3.02. The molecule has 2 heterocycles. The molecule has 1 unspecified atom stereocenters. The Morgan fingerprint density at radius 2 is 1.88 bits per heavy atom. The first-order chi connectivity index (χ1) is 12.5. The van der Waals surface area contributed by atoms with Crippen molar-refractivity contribution in [2.45, 2.75) is 18.9 Å². The summed E-state index contributed by atoms with van der Waals surface area (Å²) in [5.74, 6) is 1.39. The van der Waals surface area contributed by atoms with E-state index >= 15 is 0 Å². The number of methoxy groups -OCH3 is 1. The lowest BCUT2D eigenvalue weighted by atomic mass is 10.1. The van der Waals surface area contributed by atoms with Crippen LogP contribution in [0.5, 0.6) is 5.75 Å². The van der Waals surface area contributed by atoms with Gasteiger partial charge in [0.25, 0.3) is 0 Å². The summed E-state index contributed by atoms with van der Waals surface area (Å²) in [5.41, 5.74) is 1.15. The molecule has 0 saturated carbocycles. The molecular formula is C18H27N3O4S. The smallest absolute Gasteiger partial charge is 0.317 e. The Morgan fingerprint density at radius 1 is 1.19 bits per heavy atom. The number of amides is 2. The summed E-state index contributed by atoms with van der Waals surface area (Å²) < 4.78 is 28.4. The molecule has 0 aromatic heterocycles. The normalized spacial score (nSPS) is 23.0. The van der Waals surface area contributed by atoms with Crippen molar-refractivity contribution >= 4 is 15.9 Å². The number of urea groups is 1. The van der Waals surface area contributed by atoms with Gasteiger partial charge in [-0.1, -0.05) is 12.1 Å². The van der Waals surface area contributed by atoms with Crippen LogP contribution in [0.1, 0.15) is 12.0 Å². The molecule has 2 amide bonds. The van der Waals surface area contributed by atoms with Gasteiger partial charge in [-0.25, -0.2) is 13.2 Å². The van der Waals surface area contributed by atoms with E-state index in [2.05, 4.69) is 10.2 Å². The van der Waals surface area contributed by atoms with Crippen LogP contribution in [0.25, 0.3) is 0 Å².